The summed E-state index contributed by atoms with van der Waals surface area (Å²) in [5.41, 5.74) is 6.91. The van der Waals surface area contributed by atoms with E-state index in [1.165, 1.54) is 36.4 Å². The minimum absolute atomic E-state index is 0.0490. The summed E-state index contributed by atoms with van der Waals surface area (Å²) < 4.78 is 28.8. The summed E-state index contributed by atoms with van der Waals surface area (Å²) in [4.78, 5) is 53.4. The van der Waals surface area contributed by atoms with Crippen molar-refractivity contribution in [1.29, 1.82) is 0 Å². The van der Waals surface area contributed by atoms with Crippen LogP contribution in [0, 0.1) is 22.0 Å². The summed E-state index contributed by atoms with van der Waals surface area (Å²) in [5, 5.41) is 26.0. The Morgan fingerprint density at radius 3 is 2.29 bits per heavy atom. The standard InChI is InChI=1S/C35H43ClN6O8S/c1-22(2)18-39(51(49,50)27-13-14-28(36)29(37)17-27)20-31(43)30(16-24-9-6-5-7-10-24)38-34(45)33(23(3)4)41-21-32(44)40(35(41)46)19-25-11-8-12-26(15-25)42(47)48/h5-15,17,22-23,30-31,33,43H,16,18-21,37H2,1-4H3,(H,38,45)/t30-,31+,33-/m0/s1. The number of nitrogen functional groups attached to an aromatic ring is 1. The molecule has 1 fully saturated rings. The number of carbonyl (C=O) groups is 3. The van der Waals surface area contributed by atoms with Crippen LogP contribution in [0.1, 0.15) is 38.8 Å². The van der Waals surface area contributed by atoms with Gasteiger partial charge in [-0.25, -0.2) is 13.2 Å². The second-order valence-electron chi connectivity index (χ2n) is 13.3. The number of nitro benzene ring substituents is 1. The van der Waals surface area contributed by atoms with Crippen molar-refractivity contribution in [3.05, 3.63) is 99.1 Å². The van der Waals surface area contributed by atoms with E-state index in [0.717, 1.165) is 19.7 Å². The fourth-order valence-corrected chi connectivity index (χ4v) is 7.73. The number of anilines is 1. The molecule has 51 heavy (non-hydrogen) atoms. The molecule has 1 heterocycles. The maximum atomic E-state index is 14.1. The van der Waals surface area contributed by atoms with Crippen molar-refractivity contribution in [2.24, 2.45) is 11.8 Å². The molecule has 3 aromatic carbocycles. The van der Waals surface area contributed by atoms with Gasteiger partial charge in [-0.05, 0) is 47.6 Å². The molecule has 3 aromatic rings. The Labute approximate surface area is 302 Å². The Morgan fingerprint density at radius 1 is 1.02 bits per heavy atom. The van der Waals surface area contributed by atoms with Crippen molar-refractivity contribution in [2.45, 2.75) is 63.7 Å². The second-order valence-corrected chi connectivity index (χ2v) is 15.6. The number of urea groups is 1. The molecule has 4 rings (SSSR count). The third kappa shape index (κ3) is 9.61. The monoisotopic (exact) mass is 742 g/mol. The zero-order chi connectivity index (χ0) is 37.6. The molecule has 1 aliphatic heterocycles. The summed E-state index contributed by atoms with van der Waals surface area (Å²) in [5.74, 6) is -1.84. The van der Waals surface area contributed by atoms with Crippen molar-refractivity contribution in [1.82, 2.24) is 19.4 Å². The van der Waals surface area contributed by atoms with E-state index in [1.54, 1.807) is 44.2 Å². The van der Waals surface area contributed by atoms with Crippen LogP contribution >= 0.6 is 11.6 Å². The fourth-order valence-electron chi connectivity index (χ4n) is 5.95. The Kier molecular flexibility index (Phi) is 12.8. The zero-order valence-corrected chi connectivity index (χ0v) is 30.4. The number of nitrogens with two attached hydrogens (primary N) is 1. The third-order valence-corrected chi connectivity index (χ3v) is 10.6. The molecule has 0 radical (unpaired) electrons. The average molecular weight is 743 g/mol. The minimum Gasteiger partial charge on any atom is -0.397 e. The minimum atomic E-state index is -4.17. The van der Waals surface area contributed by atoms with Gasteiger partial charge in [0.1, 0.15) is 12.6 Å². The molecular weight excluding hydrogens is 700 g/mol. The lowest BCUT2D eigenvalue weighted by molar-refractivity contribution is -0.384. The van der Waals surface area contributed by atoms with Crippen LogP contribution in [0.25, 0.3) is 0 Å². The van der Waals surface area contributed by atoms with Crippen molar-refractivity contribution in [2.75, 3.05) is 25.4 Å². The van der Waals surface area contributed by atoms with Crippen LogP contribution in [0.3, 0.4) is 0 Å². The lowest BCUT2D eigenvalue weighted by Crippen LogP contribution is -2.57. The largest absolute Gasteiger partial charge is 0.397 e. The third-order valence-electron chi connectivity index (χ3n) is 8.44. The highest BCUT2D eigenvalue weighted by Gasteiger charge is 2.44. The predicted octanol–water partition coefficient (Wildman–Crippen LogP) is 4.05. The van der Waals surface area contributed by atoms with Crippen LogP contribution in [0.4, 0.5) is 16.2 Å². The highest BCUT2D eigenvalue weighted by atomic mass is 35.5. The number of benzene rings is 3. The van der Waals surface area contributed by atoms with Crippen molar-refractivity contribution >= 4 is 50.8 Å². The fraction of sp³-hybridized carbons (Fsp3) is 0.400. The van der Waals surface area contributed by atoms with Gasteiger partial charge in [-0.3, -0.25) is 24.6 Å². The molecule has 0 unspecified atom stereocenters. The summed E-state index contributed by atoms with van der Waals surface area (Å²) in [6.45, 7) is 6.12. The number of hydrogen-bond acceptors (Lipinski definition) is 9. The molecule has 0 bridgehead atoms. The van der Waals surface area contributed by atoms with E-state index < -0.39 is 63.4 Å². The van der Waals surface area contributed by atoms with Crippen molar-refractivity contribution in [3.8, 4) is 0 Å². The first-order valence-electron chi connectivity index (χ1n) is 16.4. The molecule has 0 aromatic heterocycles. The molecule has 4 N–H and O–H groups in total. The van der Waals surface area contributed by atoms with Crippen LogP contribution in [-0.4, -0.2) is 88.2 Å². The van der Waals surface area contributed by atoms with Gasteiger partial charge in [0, 0.05) is 25.2 Å². The number of halogens is 1. The van der Waals surface area contributed by atoms with E-state index in [9.17, 15) is 38.0 Å². The van der Waals surface area contributed by atoms with E-state index in [0.29, 0.717) is 5.56 Å². The SMILES string of the molecule is CC(C)CN(C[C@@H](O)[C@H](Cc1ccccc1)NC(=O)[C@H](C(C)C)N1CC(=O)N(Cc2cccc([N+](=O)[O-])c2)C1=O)S(=O)(=O)c1ccc(Cl)c(N)c1. The van der Waals surface area contributed by atoms with Crippen molar-refractivity contribution < 1.29 is 32.8 Å². The first-order valence-corrected chi connectivity index (χ1v) is 18.2. The van der Waals surface area contributed by atoms with Gasteiger partial charge in [0.15, 0.2) is 0 Å². The first-order chi connectivity index (χ1) is 24.0. The summed E-state index contributed by atoms with van der Waals surface area (Å²) >= 11 is 6.04. The number of imide groups is 1. The van der Waals surface area contributed by atoms with Gasteiger partial charge in [-0.1, -0.05) is 81.8 Å². The lowest BCUT2D eigenvalue weighted by atomic mass is 9.97. The van der Waals surface area contributed by atoms with E-state index >= 15 is 0 Å². The highest BCUT2D eigenvalue weighted by Crippen LogP contribution is 2.27. The van der Waals surface area contributed by atoms with Gasteiger partial charge in [-0.2, -0.15) is 4.31 Å². The molecule has 1 saturated heterocycles. The highest BCUT2D eigenvalue weighted by molar-refractivity contribution is 7.89. The van der Waals surface area contributed by atoms with Gasteiger partial charge in [-0.15, -0.1) is 0 Å². The molecule has 14 nitrogen and oxygen atoms in total. The number of nitrogens with zero attached hydrogens (tertiary/aromatic N) is 4. The average Bonchev–Trinajstić information content (AvgIpc) is 3.33. The molecule has 4 amide bonds. The molecule has 274 valence electrons. The molecule has 0 aliphatic carbocycles. The Morgan fingerprint density at radius 2 is 1.69 bits per heavy atom. The number of hydrogen-bond donors (Lipinski definition) is 3. The van der Waals surface area contributed by atoms with E-state index in [-0.39, 0.29) is 53.3 Å². The number of aliphatic hydroxyl groups is 1. The van der Waals surface area contributed by atoms with Crippen LogP contribution in [0.15, 0.2) is 77.7 Å². The number of carbonyl (C=O) groups excluding carboxylic acids is 3. The first kappa shape index (κ1) is 39.2. The number of rotatable bonds is 16. The molecule has 1 aliphatic rings. The van der Waals surface area contributed by atoms with Gasteiger partial charge in [0.25, 0.3) is 11.6 Å². The summed E-state index contributed by atoms with van der Waals surface area (Å²) in [7, 11) is -4.17. The summed E-state index contributed by atoms with van der Waals surface area (Å²) in [6, 6.07) is 15.7. The number of nitrogens with one attached hydrogen (secondary N) is 1. The topological polar surface area (TPSA) is 196 Å². The Balaban J connectivity index is 1.60. The molecule has 0 spiro atoms. The number of non-ortho nitro benzene ring substituents is 1. The lowest BCUT2D eigenvalue weighted by Gasteiger charge is -2.34. The Hall–Kier alpha value is -4.57. The number of amides is 4. The molecular formula is C35H43ClN6O8S. The summed E-state index contributed by atoms with van der Waals surface area (Å²) in [6.07, 6.45) is -1.30. The Bertz CT molecular complexity index is 1860. The maximum absolute atomic E-state index is 14.1. The quantitative estimate of drug-likeness (QED) is 0.0839. The van der Waals surface area contributed by atoms with E-state index in [2.05, 4.69) is 5.32 Å². The van der Waals surface area contributed by atoms with Gasteiger partial charge >= 0.3 is 6.03 Å². The van der Waals surface area contributed by atoms with Gasteiger partial charge < -0.3 is 21.1 Å². The van der Waals surface area contributed by atoms with Crippen molar-refractivity contribution in [3.63, 3.8) is 0 Å². The zero-order valence-electron chi connectivity index (χ0n) is 28.8. The van der Waals surface area contributed by atoms with Crippen LogP contribution in [0.2, 0.25) is 5.02 Å². The number of aliphatic hydroxyl groups excluding tert-OH is 1. The molecule has 0 saturated carbocycles. The van der Waals surface area contributed by atoms with E-state index in [4.69, 9.17) is 17.3 Å². The normalized spacial score (nSPS) is 15.5. The van der Waals surface area contributed by atoms with Crippen LogP contribution in [0.5, 0.6) is 0 Å². The molecule has 16 heteroatoms. The smallest absolute Gasteiger partial charge is 0.328 e. The number of sulfonamides is 1. The van der Waals surface area contributed by atoms with E-state index in [1.807, 2.05) is 19.9 Å². The maximum Gasteiger partial charge on any atom is 0.328 e. The predicted molar refractivity (Wildman–Crippen MR) is 192 cm³/mol. The van der Waals surface area contributed by atoms with Gasteiger partial charge in [0.05, 0.1) is 39.2 Å². The molecule has 3 atom stereocenters. The van der Waals surface area contributed by atoms with Gasteiger partial charge in [0.2, 0.25) is 15.9 Å². The second kappa shape index (κ2) is 16.6. The van der Waals surface area contributed by atoms with Crippen LogP contribution in [-0.2, 0) is 32.6 Å². The van der Waals surface area contributed by atoms with Crippen LogP contribution < -0.4 is 11.1 Å². The number of nitro groups is 1.